The van der Waals surface area contributed by atoms with Gasteiger partial charge in [-0.2, -0.15) is 0 Å². The standard InChI is InChI=1S/C32H43FO/c1-3-5-6-7-24-10-15-27(16-11-24)28-17-12-25(13-18-28)8-9-26-14-20-30-29(23-26)19-21-31(32(30)33)34-22-4-2/h3-5,14,19-21,23-25,27-28H,2,6-13,15-18,22H2,1H3/b5-3+. The molecule has 2 aliphatic rings. The molecular formula is C32H43FO. The largest absolute Gasteiger partial charge is 0.486 e. The fraction of sp³-hybridized carbons (Fsp3) is 0.562. The van der Waals surface area contributed by atoms with Gasteiger partial charge in [0.1, 0.15) is 6.61 Å². The van der Waals surface area contributed by atoms with Gasteiger partial charge in [-0.3, -0.25) is 0 Å². The average molecular weight is 463 g/mol. The van der Waals surface area contributed by atoms with E-state index in [0.29, 0.717) is 17.7 Å². The number of hydrogen-bond acceptors (Lipinski definition) is 1. The Morgan fingerprint density at radius 1 is 0.912 bits per heavy atom. The van der Waals surface area contributed by atoms with Gasteiger partial charge in [-0.25, -0.2) is 4.39 Å². The van der Waals surface area contributed by atoms with Crippen LogP contribution in [0.5, 0.6) is 5.75 Å². The number of halogens is 1. The van der Waals surface area contributed by atoms with E-state index in [2.05, 4.69) is 37.8 Å². The third kappa shape index (κ3) is 6.52. The molecule has 2 heteroatoms. The van der Waals surface area contributed by atoms with Gasteiger partial charge in [0.05, 0.1) is 0 Å². The monoisotopic (exact) mass is 462 g/mol. The lowest BCUT2D eigenvalue weighted by Gasteiger charge is -2.38. The molecule has 4 rings (SSSR count). The molecule has 0 amide bonds. The van der Waals surface area contributed by atoms with Crippen molar-refractivity contribution < 1.29 is 9.13 Å². The maximum Gasteiger partial charge on any atom is 0.172 e. The molecule has 0 saturated heterocycles. The van der Waals surface area contributed by atoms with E-state index >= 15 is 0 Å². The minimum atomic E-state index is -0.268. The summed E-state index contributed by atoms with van der Waals surface area (Å²) in [6, 6.07) is 9.90. The van der Waals surface area contributed by atoms with Crippen molar-refractivity contribution >= 4 is 10.8 Å². The summed E-state index contributed by atoms with van der Waals surface area (Å²) in [5.74, 6) is 3.85. The third-order valence-electron chi connectivity index (χ3n) is 8.61. The van der Waals surface area contributed by atoms with Gasteiger partial charge in [0.2, 0.25) is 0 Å². The van der Waals surface area contributed by atoms with Crippen molar-refractivity contribution in [3.63, 3.8) is 0 Å². The summed E-state index contributed by atoms with van der Waals surface area (Å²) >= 11 is 0. The van der Waals surface area contributed by atoms with E-state index in [1.165, 1.54) is 76.2 Å². The van der Waals surface area contributed by atoms with Crippen LogP contribution in [-0.2, 0) is 6.42 Å². The third-order valence-corrected chi connectivity index (χ3v) is 8.61. The fourth-order valence-corrected chi connectivity index (χ4v) is 6.50. The lowest BCUT2D eigenvalue weighted by Crippen LogP contribution is -2.26. The van der Waals surface area contributed by atoms with Gasteiger partial charge in [-0.05, 0) is 99.0 Å². The predicted octanol–water partition coefficient (Wildman–Crippen LogP) is 9.45. The molecule has 2 aromatic carbocycles. The van der Waals surface area contributed by atoms with E-state index in [1.54, 1.807) is 12.1 Å². The van der Waals surface area contributed by atoms with Gasteiger partial charge >= 0.3 is 0 Å². The first-order valence-electron chi connectivity index (χ1n) is 13.7. The van der Waals surface area contributed by atoms with Crippen LogP contribution in [0.2, 0.25) is 0 Å². The Hall–Kier alpha value is -2.09. The number of aryl methyl sites for hydroxylation is 1. The van der Waals surface area contributed by atoms with E-state index in [0.717, 1.165) is 35.5 Å². The lowest BCUT2D eigenvalue weighted by atomic mass is 9.68. The molecule has 184 valence electrons. The van der Waals surface area contributed by atoms with Crippen LogP contribution < -0.4 is 4.74 Å². The van der Waals surface area contributed by atoms with Gasteiger partial charge in [0.15, 0.2) is 11.6 Å². The Morgan fingerprint density at radius 3 is 2.24 bits per heavy atom. The maximum atomic E-state index is 14.7. The second-order valence-corrected chi connectivity index (χ2v) is 10.8. The van der Waals surface area contributed by atoms with Crippen molar-refractivity contribution in [2.75, 3.05) is 6.61 Å². The van der Waals surface area contributed by atoms with Crippen molar-refractivity contribution in [2.24, 2.45) is 23.7 Å². The summed E-state index contributed by atoms with van der Waals surface area (Å²) in [5.41, 5.74) is 1.32. The Balaban J connectivity index is 1.21. The molecule has 0 radical (unpaired) electrons. The molecule has 0 heterocycles. The molecule has 0 bridgehead atoms. The summed E-state index contributed by atoms with van der Waals surface area (Å²) < 4.78 is 20.2. The summed E-state index contributed by atoms with van der Waals surface area (Å²) in [5, 5.41) is 1.60. The smallest absolute Gasteiger partial charge is 0.172 e. The fourth-order valence-electron chi connectivity index (χ4n) is 6.50. The van der Waals surface area contributed by atoms with Crippen LogP contribution in [-0.4, -0.2) is 6.61 Å². The molecule has 0 spiro atoms. The lowest BCUT2D eigenvalue weighted by molar-refractivity contribution is 0.141. The molecule has 2 fully saturated rings. The van der Waals surface area contributed by atoms with Crippen molar-refractivity contribution in [1.82, 2.24) is 0 Å². The van der Waals surface area contributed by atoms with E-state index in [4.69, 9.17) is 4.74 Å². The highest BCUT2D eigenvalue weighted by molar-refractivity contribution is 5.85. The minimum absolute atomic E-state index is 0.268. The Labute approximate surface area is 206 Å². The highest BCUT2D eigenvalue weighted by Gasteiger charge is 2.30. The van der Waals surface area contributed by atoms with Crippen LogP contribution in [0, 0.1) is 29.5 Å². The van der Waals surface area contributed by atoms with Gasteiger partial charge in [-0.1, -0.05) is 74.8 Å². The maximum absolute atomic E-state index is 14.7. The minimum Gasteiger partial charge on any atom is -0.486 e. The normalized spacial score (nSPS) is 25.6. The topological polar surface area (TPSA) is 9.23 Å². The summed E-state index contributed by atoms with van der Waals surface area (Å²) in [6.45, 7) is 6.08. The number of fused-ring (bicyclic) bond motifs is 1. The molecule has 0 atom stereocenters. The Kier molecular flexibility index (Phi) is 9.25. The second-order valence-electron chi connectivity index (χ2n) is 10.8. The summed E-state index contributed by atoms with van der Waals surface area (Å²) in [7, 11) is 0. The van der Waals surface area contributed by atoms with Crippen LogP contribution in [0.15, 0.2) is 55.1 Å². The molecule has 1 nitrogen and oxygen atoms in total. The van der Waals surface area contributed by atoms with Gasteiger partial charge < -0.3 is 4.74 Å². The first kappa shape index (κ1) is 25.0. The first-order valence-corrected chi connectivity index (χ1v) is 13.7. The van der Waals surface area contributed by atoms with Gasteiger partial charge in [0.25, 0.3) is 0 Å². The van der Waals surface area contributed by atoms with Crippen LogP contribution >= 0.6 is 0 Å². The molecule has 0 aliphatic heterocycles. The second kappa shape index (κ2) is 12.6. The molecule has 34 heavy (non-hydrogen) atoms. The Morgan fingerprint density at radius 2 is 1.59 bits per heavy atom. The number of rotatable bonds is 10. The zero-order chi connectivity index (χ0) is 23.8. The number of hydrogen-bond donors (Lipinski definition) is 0. The molecule has 2 aromatic rings. The summed E-state index contributed by atoms with van der Waals surface area (Å²) in [6.07, 6.45) is 22.8. The summed E-state index contributed by atoms with van der Waals surface area (Å²) in [4.78, 5) is 0. The molecule has 2 aliphatic carbocycles. The number of allylic oxidation sites excluding steroid dienone is 2. The van der Waals surface area contributed by atoms with Crippen LogP contribution in [0.25, 0.3) is 10.8 Å². The highest BCUT2D eigenvalue weighted by Crippen LogP contribution is 2.43. The highest BCUT2D eigenvalue weighted by atomic mass is 19.1. The Bertz CT molecular complexity index is 945. The van der Waals surface area contributed by atoms with Crippen LogP contribution in [0.3, 0.4) is 0 Å². The van der Waals surface area contributed by atoms with E-state index in [9.17, 15) is 4.39 Å². The van der Waals surface area contributed by atoms with E-state index in [-0.39, 0.29) is 5.82 Å². The van der Waals surface area contributed by atoms with Crippen molar-refractivity contribution in [3.8, 4) is 5.75 Å². The quantitative estimate of drug-likeness (QED) is 0.319. The molecule has 0 N–H and O–H groups in total. The first-order chi connectivity index (χ1) is 16.7. The number of ether oxygens (including phenoxy) is 1. The van der Waals surface area contributed by atoms with E-state index < -0.39 is 0 Å². The average Bonchev–Trinajstić information content (AvgIpc) is 2.88. The van der Waals surface area contributed by atoms with Crippen LogP contribution in [0.4, 0.5) is 4.39 Å². The molecular weight excluding hydrogens is 419 g/mol. The number of benzene rings is 2. The molecule has 0 aromatic heterocycles. The van der Waals surface area contributed by atoms with Gasteiger partial charge in [0, 0.05) is 5.39 Å². The van der Waals surface area contributed by atoms with Gasteiger partial charge in [-0.15, -0.1) is 0 Å². The zero-order valence-corrected chi connectivity index (χ0v) is 21.1. The molecule has 2 saturated carbocycles. The zero-order valence-electron chi connectivity index (χ0n) is 21.1. The molecule has 0 unspecified atom stereocenters. The predicted molar refractivity (Wildman–Crippen MR) is 143 cm³/mol. The van der Waals surface area contributed by atoms with Crippen molar-refractivity contribution in [3.05, 3.63) is 66.5 Å². The SMILES string of the molecule is C=CCOc1ccc2cc(CCC3CCC(C4CCC(CC/C=C/C)CC4)CC3)ccc2c1F. The van der Waals surface area contributed by atoms with Crippen molar-refractivity contribution in [1.29, 1.82) is 0 Å². The van der Waals surface area contributed by atoms with Crippen molar-refractivity contribution in [2.45, 2.75) is 84.0 Å². The van der Waals surface area contributed by atoms with E-state index in [1.807, 2.05) is 12.1 Å². The van der Waals surface area contributed by atoms with Crippen LogP contribution in [0.1, 0.15) is 83.1 Å².